The van der Waals surface area contributed by atoms with E-state index in [4.69, 9.17) is 9.47 Å². The molecular formula is C12H17N3O4. The zero-order chi connectivity index (χ0) is 13.7. The number of quaternary nitrogens is 1. The molecule has 0 atom stereocenters. The number of carbonyl (C=O) groups excluding carboxylic acids is 1. The highest BCUT2D eigenvalue weighted by Gasteiger charge is 2.18. The van der Waals surface area contributed by atoms with Gasteiger partial charge in [0.2, 0.25) is 0 Å². The Balaban J connectivity index is 1.90. The van der Waals surface area contributed by atoms with Gasteiger partial charge in [-0.05, 0) is 6.07 Å². The molecule has 1 saturated heterocycles. The van der Waals surface area contributed by atoms with E-state index in [1.807, 2.05) is 0 Å². The maximum Gasteiger partial charge on any atom is 0.317 e. The van der Waals surface area contributed by atoms with Crippen LogP contribution in [0.4, 0.5) is 10.5 Å². The van der Waals surface area contributed by atoms with Crippen molar-refractivity contribution in [2.45, 2.75) is 0 Å². The summed E-state index contributed by atoms with van der Waals surface area (Å²) in [5.74, 6) is 1.07. The van der Waals surface area contributed by atoms with Crippen LogP contribution in [0.3, 0.4) is 0 Å². The van der Waals surface area contributed by atoms with Crippen LogP contribution in [-0.4, -0.2) is 44.3 Å². The maximum absolute atomic E-state index is 11.3. The molecule has 1 aliphatic heterocycles. The van der Waals surface area contributed by atoms with Crippen molar-refractivity contribution in [2.75, 3.05) is 33.4 Å². The molecule has 1 aliphatic rings. The van der Waals surface area contributed by atoms with Crippen LogP contribution in [-0.2, 0) is 0 Å². The normalized spacial score (nSPS) is 14.4. The van der Waals surface area contributed by atoms with E-state index in [9.17, 15) is 10.0 Å². The van der Waals surface area contributed by atoms with Crippen LogP contribution in [0, 0.1) is 5.21 Å². The monoisotopic (exact) mass is 267 g/mol. The molecule has 3 N–H and O–H groups in total. The minimum absolute atomic E-state index is 0.0631. The van der Waals surface area contributed by atoms with Gasteiger partial charge in [-0.1, -0.05) is 0 Å². The third-order valence-corrected chi connectivity index (χ3v) is 2.89. The summed E-state index contributed by atoms with van der Waals surface area (Å²) >= 11 is 0. The van der Waals surface area contributed by atoms with E-state index >= 15 is 0 Å². The average molecular weight is 267 g/mol. The minimum atomic E-state index is -0.0631. The van der Waals surface area contributed by atoms with E-state index in [2.05, 4.69) is 5.32 Å². The number of hydrogen-bond donors (Lipinski definition) is 2. The molecule has 7 heteroatoms. The first-order valence-corrected chi connectivity index (χ1v) is 6.03. The van der Waals surface area contributed by atoms with Crippen molar-refractivity contribution >= 4 is 11.7 Å². The maximum atomic E-state index is 11.3. The van der Waals surface area contributed by atoms with Crippen molar-refractivity contribution in [1.82, 2.24) is 10.2 Å². The third kappa shape index (κ3) is 3.27. The van der Waals surface area contributed by atoms with E-state index in [1.165, 1.54) is 7.11 Å². The largest absolute Gasteiger partial charge is 0.630 e. The summed E-state index contributed by atoms with van der Waals surface area (Å²) in [6.07, 6.45) is 0. The molecule has 2 amide bonds. The van der Waals surface area contributed by atoms with Gasteiger partial charge in [0.15, 0.2) is 11.5 Å². The second kappa shape index (κ2) is 6.26. The van der Waals surface area contributed by atoms with E-state index in [0.717, 1.165) is 5.48 Å². The van der Waals surface area contributed by atoms with E-state index in [1.54, 1.807) is 23.1 Å². The predicted molar refractivity (Wildman–Crippen MR) is 68.4 cm³/mol. The van der Waals surface area contributed by atoms with Crippen LogP contribution in [0.15, 0.2) is 18.2 Å². The van der Waals surface area contributed by atoms with Crippen molar-refractivity contribution in [2.24, 2.45) is 0 Å². The molecular weight excluding hydrogens is 250 g/mol. The molecule has 0 saturated carbocycles. The van der Waals surface area contributed by atoms with E-state index < -0.39 is 0 Å². The Labute approximate surface area is 111 Å². The van der Waals surface area contributed by atoms with Gasteiger partial charge >= 0.3 is 6.03 Å². The first kappa shape index (κ1) is 13.4. The number of rotatable bonds is 6. The van der Waals surface area contributed by atoms with Crippen LogP contribution >= 0.6 is 0 Å². The number of methoxy groups -OCH3 is 1. The van der Waals surface area contributed by atoms with E-state index in [0.29, 0.717) is 43.4 Å². The van der Waals surface area contributed by atoms with Gasteiger partial charge < -0.3 is 30.4 Å². The molecule has 1 heterocycles. The van der Waals surface area contributed by atoms with Crippen molar-refractivity contribution in [3.05, 3.63) is 23.4 Å². The minimum Gasteiger partial charge on any atom is -0.630 e. The van der Waals surface area contributed by atoms with Crippen molar-refractivity contribution in [3.8, 4) is 11.5 Å². The van der Waals surface area contributed by atoms with Crippen LogP contribution in [0.1, 0.15) is 0 Å². The lowest BCUT2D eigenvalue weighted by Gasteiger charge is -2.16. The second-order valence-corrected chi connectivity index (χ2v) is 4.10. The highest BCUT2D eigenvalue weighted by molar-refractivity contribution is 5.76. The Bertz CT molecular complexity index is 453. The Hall–Kier alpha value is -1.99. The Morgan fingerprint density at radius 2 is 2.32 bits per heavy atom. The lowest BCUT2D eigenvalue weighted by atomic mass is 10.3. The summed E-state index contributed by atoms with van der Waals surface area (Å²) in [5, 5.41) is 13.4. The molecule has 0 bridgehead atoms. The third-order valence-electron chi connectivity index (χ3n) is 2.89. The van der Waals surface area contributed by atoms with Gasteiger partial charge in [-0.25, -0.2) is 4.79 Å². The summed E-state index contributed by atoms with van der Waals surface area (Å²) in [4.78, 5) is 13.0. The molecule has 19 heavy (non-hydrogen) atoms. The van der Waals surface area contributed by atoms with Gasteiger partial charge in [0.25, 0.3) is 0 Å². The topological polar surface area (TPSA) is 90.5 Å². The molecule has 0 spiro atoms. The molecule has 0 aromatic heterocycles. The zero-order valence-electron chi connectivity index (χ0n) is 10.7. The second-order valence-electron chi connectivity index (χ2n) is 4.10. The van der Waals surface area contributed by atoms with Crippen LogP contribution in [0.2, 0.25) is 0 Å². The molecule has 0 unspecified atom stereocenters. The standard InChI is InChI=1S/C12H17N3O4/c1-18-11-8-9(14-17)2-3-10(11)19-7-6-15-5-4-13-12(15)16/h2-3,8H,4-7,14H2,1H3,(H,13,16). The molecule has 7 nitrogen and oxygen atoms in total. The van der Waals surface area contributed by atoms with Gasteiger partial charge in [0.1, 0.15) is 12.3 Å². The smallest absolute Gasteiger partial charge is 0.317 e. The summed E-state index contributed by atoms with van der Waals surface area (Å²) in [6, 6.07) is 4.90. The van der Waals surface area contributed by atoms with Gasteiger partial charge in [-0.3, -0.25) is 0 Å². The summed E-state index contributed by atoms with van der Waals surface area (Å²) in [6.45, 7) is 2.27. The van der Waals surface area contributed by atoms with Gasteiger partial charge in [0.05, 0.1) is 13.7 Å². The number of ether oxygens (including phenoxy) is 2. The van der Waals surface area contributed by atoms with Crippen LogP contribution in [0.25, 0.3) is 0 Å². The number of hydrogen-bond acceptors (Lipinski definition) is 4. The fourth-order valence-corrected chi connectivity index (χ4v) is 1.87. The number of amides is 2. The first-order valence-electron chi connectivity index (χ1n) is 6.03. The van der Waals surface area contributed by atoms with Crippen LogP contribution < -0.4 is 20.3 Å². The molecule has 0 radical (unpaired) electrons. The number of urea groups is 1. The van der Waals surface area contributed by atoms with Crippen LogP contribution in [0.5, 0.6) is 11.5 Å². The first-order chi connectivity index (χ1) is 9.24. The summed E-state index contributed by atoms with van der Waals surface area (Å²) < 4.78 is 10.7. The summed E-state index contributed by atoms with van der Waals surface area (Å²) in [5.41, 5.74) is 1.28. The van der Waals surface area contributed by atoms with Gasteiger partial charge in [0, 0.05) is 25.2 Å². The number of benzene rings is 1. The average Bonchev–Trinajstić information content (AvgIpc) is 2.84. The lowest BCUT2D eigenvalue weighted by Crippen LogP contribution is -2.70. The molecule has 104 valence electrons. The van der Waals surface area contributed by atoms with Gasteiger partial charge in [-0.2, -0.15) is 0 Å². The molecule has 2 rings (SSSR count). The number of carbonyl (C=O) groups is 1. The fraction of sp³-hybridized carbons (Fsp3) is 0.417. The SMILES string of the molecule is COc1cc([NH2+][O-])ccc1OCCN1CCNC1=O. The van der Waals surface area contributed by atoms with Gasteiger partial charge in [-0.15, -0.1) is 0 Å². The Morgan fingerprint density at radius 3 is 2.95 bits per heavy atom. The molecule has 1 fully saturated rings. The molecule has 1 aromatic carbocycles. The lowest BCUT2D eigenvalue weighted by molar-refractivity contribution is -0.497. The Kier molecular flexibility index (Phi) is 4.43. The number of nitrogens with two attached hydrogens (primary N) is 1. The fourth-order valence-electron chi connectivity index (χ4n) is 1.87. The molecule has 1 aromatic rings. The van der Waals surface area contributed by atoms with Crippen molar-refractivity contribution < 1.29 is 19.7 Å². The van der Waals surface area contributed by atoms with Crippen molar-refractivity contribution in [3.63, 3.8) is 0 Å². The number of nitrogens with zero attached hydrogens (tertiary/aromatic N) is 1. The summed E-state index contributed by atoms with van der Waals surface area (Å²) in [7, 11) is 1.52. The predicted octanol–water partition coefficient (Wildman–Crippen LogP) is -0.208. The molecule has 0 aliphatic carbocycles. The highest BCUT2D eigenvalue weighted by atomic mass is 16.5. The Morgan fingerprint density at radius 1 is 1.47 bits per heavy atom. The van der Waals surface area contributed by atoms with E-state index in [-0.39, 0.29) is 6.03 Å². The highest BCUT2D eigenvalue weighted by Crippen LogP contribution is 2.28. The number of nitrogens with one attached hydrogen (secondary N) is 1. The zero-order valence-corrected chi connectivity index (χ0v) is 10.7. The van der Waals surface area contributed by atoms with Crippen molar-refractivity contribution in [1.29, 1.82) is 0 Å². The quantitative estimate of drug-likeness (QED) is 0.551.